The van der Waals surface area contributed by atoms with Crippen molar-refractivity contribution in [2.24, 2.45) is 0 Å². The number of piperazine rings is 1. The molecule has 24 heavy (non-hydrogen) atoms. The Labute approximate surface area is 142 Å². The summed E-state index contributed by atoms with van der Waals surface area (Å²) in [5.41, 5.74) is 0.500. The number of aromatic nitrogens is 2. The molecule has 3 rings (SSSR count). The average molecular weight is 331 g/mol. The zero-order valence-corrected chi connectivity index (χ0v) is 14.2. The molecular formula is C17H25N5O2. The number of carbonyl (C=O) groups excluding carboxylic acids is 2. The van der Waals surface area contributed by atoms with Gasteiger partial charge >= 0.3 is 0 Å². The van der Waals surface area contributed by atoms with Crippen molar-refractivity contribution >= 4 is 17.8 Å². The fourth-order valence-electron chi connectivity index (χ4n) is 3.35. The van der Waals surface area contributed by atoms with E-state index in [2.05, 4.69) is 15.3 Å². The third kappa shape index (κ3) is 4.01. The van der Waals surface area contributed by atoms with Crippen molar-refractivity contribution in [3.63, 3.8) is 0 Å². The number of anilines is 1. The summed E-state index contributed by atoms with van der Waals surface area (Å²) in [5.74, 6) is 0.589. The summed E-state index contributed by atoms with van der Waals surface area (Å²) in [5, 5.41) is 3.35. The van der Waals surface area contributed by atoms with Gasteiger partial charge in [0.15, 0.2) is 0 Å². The van der Waals surface area contributed by atoms with Gasteiger partial charge in [0, 0.05) is 51.5 Å². The molecule has 0 aromatic carbocycles. The summed E-state index contributed by atoms with van der Waals surface area (Å²) >= 11 is 0. The van der Waals surface area contributed by atoms with Gasteiger partial charge in [-0.15, -0.1) is 0 Å². The van der Waals surface area contributed by atoms with Crippen molar-refractivity contribution in [1.82, 2.24) is 19.8 Å². The summed E-state index contributed by atoms with van der Waals surface area (Å²) < 4.78 is 0. The SMILES string of the molecule is CC(=O)N1CCN(C(=O)c2cnc(NC3CCCCC3)nc2)CC1. The number of nitrogens with zero attached hydrogens (tertiary/aromatic N) is 4. The van der Waals surface area contributed by atoms with Crippen LogP contribution in [0.1, 0.15) is 49.4 Å². The molecule has 7 heteroatoms. The van der Waals surface area contributed by atoms with E-state index in [9.17, 15) is 9.59 Å². The summed E-state index contributed by atoms with van der Waals surface area (Å²) in [7, 11) is 0. The Balaban J connectivity index is 1.55. The van der Waals surface area contributed by atoms with E-state index in [1.807, 2.05) is 0 Å². The first kappa shape index (κ1) is 16.7. The maximum Gasteiger partial charge on any atom is 0.257 e. The second-order valence-electron chi connectivity index (χ2n) is 6.57. The van der Waals surface area contributed by atoms with Gasteiger partial charge in [0.25, 0.3) is 5.91 Å². The monoisotopic (exact) mass is 331 g/mol. The number of hydrogen-bond donors (Lipinski definition) is 1. The average Bonchev–Trinajstić information content (AvgIpc) is 2.63. The molecular weight excluding hydrogens is 306 g/mol. The molecule has 1 aliphatic carbocycles. The minimum Gasteiger partial charge on any atom is -0.351 e. The van der Waals surface area contributed by atoms with Crippen LogP contribution in [0.5, 0.6) is 0 Å². The van der Waals surface area contributed by atoms with Crippen LogP contribution in [0.4, 0.5) is 5.95 Å². The maximum absolute atomic E-state index is 12.5. The standard InChI is InChI=1S/C17H25N5O2/c1-13(23)21-7-9-22(10-8-21)16(24)14-11-18-17(19-12-14)20-15-5-3-2-4-6-15/h11-12,15H,2-10H2,1H3,(H,18,19,20). The van der Waals surface area contributed by atoms with E-state index in [1.54, 1.807) is 29.1 Å². The van der Waals surface area contributed by atoms with E-state index in [1.165, 1.54) is 19.3 Å². The molecule has 1 aliphatic heterocycles. The summed E-state index contributed by atoms with van der Waals surface area (Å²) in [6.45, 7) is 3.84. The van der Waals surface area contributed by atoms with Gasteiger partial charge in [-0.1, -0.05) is 19.3 Å². The van der Waals surface area contributed by atoms with Crippen LogP contribution >= 0.6 is 0 Å². The molecule has 0 spiro atoms. The molecule has 7 nitrogen and oxygen atoms in total. The van der Waals surface area contributed by atoms with Crippen LogP contribution in [0, 0.1) is 0 Å². The molecule has 1 saturated heterocycles. The number of carbonyl (C=O) groups is 2. The van der Waals surface area contributed by atoms with Gasteiger partial charge in [0.05, 0.1) is 5.56 Å². The number of amides is 2. The molecule has 1 aromatic heterocycles. The zero-order valence-electron chi connectivity index (χ0n) is 14.2. The lowest BCUT2D eigenvalue weighted by Gasteiger charge is -2.34. The first-order valence-corrected chi connectivity index (χ1v) is 8.77. The number of nitrogens with one attached hydrogen (secondary N) is 1. The zero-order chi connectivity index (χ0) is 16.9. The number of rotatable bonds is 3. The van der Waals surface area contributed by atoms with Gasteiger partial charge in [0.2, 0.25) is 11.9 Å². The van der Waals surface area contributed by atoms with E-state index in [4.69, 9.17) is 0 Å². The van der Waals surface area contributed by atoms with Gasteiger partial charge in [-0.25, -0.2) is 9.97 Å². The Morgan fingerprint density at radius 1 is 1.00 bits per heavy atom. The van der Waals surface area contributed by atoms with Gasteiger partial charge in [-0.3, -0.25) is 9.59 Å². The van der Waals surface area contributed by atoms with Crippen molar-refractivity contribution < 1.29 is 9.59 Å². The summed E-state index contributed by atoms with van der Waals surface area (Å²) in [6.07, 6.45) is 9.31. The second-order valence-corrected chi connectivity index (χ2v) is 6.57. The number of hydrogen-bond acceptors (Lipinski definition) is 5. The third-order valence-corrected chi connectivity index (χ3v) is 4.85. The van der Waals surface area contributed by atoms with Crippen molar-refractivity contribution in [3.8, 4) is 0 Å². The second kappa shape index (κ2) is 7.59. The van der Waals surface area contributed by atoms with Crippen LogP contribution in [0.15, 0.2) is 12.4 Å². The predicted octanol–water partition coefficient (Wildman–Crippen LogP) is 1.53. The van der Waals surface area contributed by atoms with E-state index in [0.29, 0.717) is 43.7 Å². The molecule has 0 atom stereocenters. The topological polar surface area (TPSA) is 78.4 Å². The first-order chi connectivity index (χ1) is 11.6. The lowest BCUT2D eigenvalue weighted by molar-refractivity contribution is -0.130. The summed E-state index contributed by atoms with van der Waals surface area (Å²) in [6, 6.07) is 0.444. The highest BCUT2D eigenvalue weighted by Crippen LogP contribution is 2.20. The van der Waals surface area contributed by atoms with E-state index in [0.717, 1.165) is 12.8 Å². The van der Waals surface area contributed by atoms with Gasteiger partial charge in [0.1, 0.15) is 0 Å². The smallest absolute Gasteiger partial charge is 0.257 e. The summed E-state index contributed by atoms with van der Waals surface area (Å²) in [4.78, 5) is 36.0. The highest BCUT2D eigenvalue weighted by atomic mass is 16.2. The molecule has 1 N–H and O–H groups in total. The van der Waals surface area contributed by atoms with Crippen LogP contribution in [-0.4, -0.2) is 63.8 Å². The molecule has 0 unspecified atom stereocenters. The van der Waals surface area contributed by atoms with E-state index < -0.39 is 0 Å². The normalized spacial score (nSPS) is 19.2. The Hall–Kier alpha value is -2.18. The van der Waals surface area contributed by atoms with Crippen molar-refractivity contribution in [2.75, 3.05) is 31.5 Å². The maximum atomic E-state index is 12.5. The van der Waals surface area contributed by atoms with Gasteiger partial charge in [-0.05, 0) is 12.8 Å². The fourth-order valence-corrected chi connectivity index (χ4v) is 3.35. The Bertz CT molecular complexity index is 575. The van der Waals surface area contributed by atoms with Crippen LogP contribution < -0.4 is 5.32 Å². The van der Waals surface area contributed by atoms with Crippen molar-refractivity contribution in [3.05, 3.63) is 18.0 Å². The molecule has 1 saturated carbocycles. The minimum absolute atomic E-state index is 0.0589. The molecule has 0 radical (unpaired) electrons. The quantitative estimate of drug-likeness (QED) is 0.909. The molecule has 2 aliphatic rings. The highest BCUT2D eigenvalue weighted by molar-refractivity contribution is 5.93. The molecule has 2 amide bonds. The predicted molar refractivity (Wildman–Crippen MR) is 90.7 cm³/mol. The van der Waals surface area contributed by atoms with Crippen LogP contribution in [-0.2, 0) is 4.79 Å². The lowest BCUT2D eigenvalue weighted by Crippen LogP contribution is -2.50. The minimum atomic E-state index is -0.0672. The van der Waals surface area contributed by atoms with Gasteiger partial charge in [-0.2, -0.15) is 0 Å². The highest BCUT2D eigenvalue weighted by Gasteiger charge is 2.23. The Morgan fingerprint density at radius 3 is 2.17 bits per heavy atom. The molecule has 2 heterocycles. The molecule has 130 valence electrons. The first-order valence-electron chi connectivity index (χ1n) is 8.77. The fraction of sp³-hybridized carbons (Fsp3) is 0.647. The van der Waals surface area contributed by atoms with Crippen LogP contribution in [0.2, 0.25) is 0 Å². The van der Waals surface area contributed by atoms with Crippen molar-refractivity contribution in [1.29, 1.82) is 0 Å². The Kier molecular flexibility index (Phi) is 5.27. The van der Waals surface area contributed by atoms with Crippen molar-refractivity contribution in [2.45, 2.75) is 45.1 Å². The van der Waals surface area contributed by atoms with E-state index in [-0.39, 0.29) is 11.8 Å². The largest absolute Gasteiger partial charge is 0.351 e. The van der Waals surface area contributed by atoms with Crippen LogP contribution in [0.3, 0.4) is 0 Å². The third-order valence-electron chi connectivity index (χ3n) is 4.85. The molecule has 1 aromatic rings. The lowest BCUT2D eigenvalue weighted by atomic mass is 9.96. The van der Waals surface area contributed by atoms with Gasteiger partial charge < -0.3 is 15.1 Å². The molecule has 2 fully saturated rings. The Morgan fingerprint density at radius 2 is 1.58 bits per heavy atom. The van der Waals surface area contributed by atoms with E-state index >= 15 is 0 Å². The van der Waals surface area contributed by atoms with Crippen LogP contribution in [0.25, 0.3) is 0 Å². The molecule has 0 bridgehead atoms.